The van der Waals surface area contributed by atoms with E-state index in [1.165, 1.54) is 0 Å². The van der Waals surface area contributed by atoms with Crippen LogP contribution in [0.4, 0.5) is 0 Å². The molecule has 1 heterocycles. The molecule has 2 N–H and O–H groups in total. The molecule has 2 aliphatic rings. The molecule has 1 aliphatic heterocycles. The molecule has 3 heteroatoms. The zero-order valence-corrected chi connectivity index (χ0v) is 8.45. The van der Waals surface area contributed by atoms with Crippen molar-refractivity contribution in [2.45, 2.75) is 38.4 Å². The molecule has 13 heavy (non-hydrogen) atoms. The van der Waals surface area contributed by atoms with Crippen molar-refractivity contribution < 1.29 is 10.2 Å². The maximum Gasteiger partial charge on any atom is 0.0735 e. The second-order valence-electron chi connectivity index (χ2n) is 5.36. The number of nitrogens with zero attached hydrogens (tertiary/aromatic N) is 1. The van der Waals surface area contributed by atoms with Gasteiger partial charge in [0.15, 0.2) is 0 Å². The maximum absolute atomic E-state index is 9.76. The highest BCUT2D eigenvalue weighted by atomic mass is 16.3. The van der Waals surface area contributed by atoms with Gasteiger partial charge >= 0.3 is 0 Å². The third kappa shape index (κ3) is 1.87. The molecule has 0 aromatic carbocycles. The molecule has 1 spiro atoms. The van der Waals surface area contributed by atoms with E-state index in [-0.39, 0.29) is 11.5 Å². The SMILES string of the molecule is CC(C)(O)CN1CC(O)C2(CC2)C1. The van der Waals surface area contributed by atoms with Gasteiger partial charge in [-0.1, -0.05) is 0 Å². The Morgan fingerprint density at radius 2 is 2.08 bits per heavy atom. The van der Waals surface area contributed by atoms with Gasteiger partial charge in [0.25, 0.3) is 0 Å². The molecular weight excluding hydrogens is 166 g/mol. The van der Waals surface area contributed by atoms with Crippen LogP contribution in [-0.4, -0.2) is 46.5 Å². The van der Waals surface area contributed by atoms with Crippen LogP contribution in [0.1, 0.15) is 26.7 Å². The Labute approximate surface area is 79.4 Å². The van der Waals surface area contributed by atoms with Crippen LogP contribution in [0.2, 0.25) is 0 Å². The molecule has 1 atom stereocenters. The fourth-order valence-electron chi connectivity index (χ4n) is 2.37. The minimum absolute atomic E-state index is 0.158. The highest BCUT2D eigenvalue weighted by molar-refractivity contribution is 5.06. The first-order chi connectivity index (χ1) is 5.91. The Hall–Kier alpha value is -0.120. The number of aliphatic hydroxyl groups excluding tert-OH is 1. The molecule has 0 bridgehead atoms. The summed E-state index contributed by atoms with van der Waals surface area (Å²) in [6, 6.07) is 0. The Bertz CT molecular complexity index is 203. The summed E-state index contributed by atoms with van der Waals surface area (Å²) in [6.07, 6.45) is 2.17. The Kier molecular flexibility index (Phi) is 1.95. The molecule has 1 saturated heterocycles. The molecule has 3 nitrogen and oxygen atoms in total. The third-order valence-corrected chi connectivity index (χ3v) is 3.18. The van der Waals surface area contributed by atoms with Gasteiger partial charge in [0.1, 0.15) is 0 Å². The second kappa shape index (κ2) is 2.69. The van der Waals surface area contributed by atoms with Gasteiger partial charge in [-0.2, -0.15) is 0 Å². The topological polar surface area (TPSA) is 43.7 Å². The first-order valence-electron chi connectivity index (χ1n) is 5.04. The van der Waals surface area contributed by atoms with Crippen LogP contribution in [0.25, 0.3) is 0 Å². The van der Waals surface area contributed by atoms with E-state index in [0.717, 1.165) is 25.9 Å². The van der Waals surface area contributed by atoms with Crippen LogP contribution in [-0.2, 0) is 0 Å². The van der Waals surface area contributed by atoms with Crippen molar-refractivity contribution >= 4 is 0 Å². The summed E-state index contributed by atoms with van der Waals surface area (Å²) in [5, 5.41) is 19.4. The average Bonchev–Trinajstić information content (AvgIpc) is 2.58. The van der Waals surface area contributed by atoms with Crippen LogP contribution >= 0.6 is 0 Å². The minimum Gasteiger partial charge on any atom is -0.391 e. The third-order valence-electron chi connectivity index (χ3n) is 3.18. The van der Waals surface area contributed by atoms with Gasteiger partial charge in [0, 0.05) is 25.0 Å². The quantitative estimate of drug-likeness (QED) is 0.646. The summed E-state index contributed by atoms with van der Waals surface area (Å²) in [5.74, 6) is 0. The Morgan fingerprint density at radius 3 is 2.46 bits per heavy atom. The number of rotatable bonds is 2. The highest BCUT2D eigenvalue weighted by Crippen LogP contribution is 2.52. The van der Waals surface area contributed by atoms with E-state index < -0.39 is 5.60 Å². The lowest BCUT2D eigenvalue weighted by atomic mass is 10.0. The van der Waals surface area contributed by atoms with Crippen molar-refractivity contribution in [3.05, 3.63) is 0 Å². The molecule has 0 aromatic heterocycles. The van der Waals surface area contributed by atoms with Gasteiger partial charge in [-0.25, -0.2) is 0 Å². The van der Waals surface area contributed by atoms with Gasteiger partial charge in [-0.3, -0.25) is 4.90 Å². The number of hydrogen-bond acceptors (Lipinski definition) is 3. The van der Waals surface area contributed by atoms with E-state index >= 15 is 0 Å². The molecule has 76 valence electrons. The number of β-amino-alcohol motifs (C(OH)–C–C–N with tert-alkyl or cyclic N) is 2. The van der Waals surface area contributed by atoms with Crippen molar-refractivity contribution in [2.24, 2.45) is 5.41 Å². The summed E-state index contributed by atoms with van der Waals surface area (Å²) in [6.45, 7) is 6.02. The van der Waals surface area contributed by atoms with Crippen molar-refractivity contribution in [1.82, 2.24) is 4.90 Å². The molecule has 2 fully saturated rings. The summed E-state index contributed by atoms with van der Waals surface area (Å²) >= 11 is 0. The number of aliphatic hydroxyl groups is 2. The normalized spacial score (nSPS) is 32.8. The Morgan fingerprint density at radius 1 is 1.46 bits per heavy atom. The van der Waals surface area contributed by atoms with Crippen LogP contribution in [0.15, 0.2) is 0 Å². The van der Waals surface area contributed by atoms with Crippen molar-refractivity contribution in [1.29, 1.82) is 0 Å². The second-order valence-corrected chi connectivity index (χ2v) is 5.36. The smallest absolute Gasteiger partial charge is 0.0735 e. The standard InChI is InChI=1S/C10H19NO2/c1-9(2,13)6-11-5-8(12)10(7-11)3-4-10/h8,12-13H,3-7H2,1-2H3. The predicted molar refractivity (Wildman–Crippen MR) is 50.4 cm³/mol. The molecule has 1 unspecified atom stereocenters. The minimum atomic E-state index is -0.639. The van der Waals surface area contributed by atoms with E-state index in [1.54, 1.807) is 0 Å². The lowest BCUT2D eigenvalue weighted by molar-refractivity contribution is 0.0398. The largest absolute Gasteiger partial charge is 0.391 e. The van der Waals surface area contributed by atoms with E-state index in [2.05, 4.69) is 4.90 Å². The average molecular weight is 185 g/mol. The van der Waals surface area contributed by atoms with Gasteiger partial charge in [-0.15, -0.1) is 0 Å². The fourth-order valence-corrected chi connectivity index (χ4v) is 2.37. The predicted octanol–water partition coefficient (Wildman–Crippen LogP) is 0.214. The van der Waals surface area contributed by atoms with Gasteiger partial charge < -0.3 is 10.2 Å². The van der Waals surface area contributed by atoms with E-state index in [4.69, 9.17) is 0 Å². The number of hydrogen-bond donors (Lipinski definition) is 2. The van der Waals surface area contributed by atoms with Gasteiger partial charge in [0.2, 0.25) is 0 Å². The molecule has 0 aromatic rings. The molecule has 1 aliphatic carbocycles. The summed E-state index contributed by atoms with van der Waals surface area (Å²) in [7, 11) is 0. The van der Waals surface area contributed by atoms with Crippen molar-refractivity contribution in [2.75, 3.05) is 19.6 Å². The van der Waals surface area contributed by atoms with Crippen molar-refractivity contribution in [3.8, 4) is 0 Å². The highest BCUT2D eigenvalue weighted by Gasteiger charge is 2.54. The summed E-state index contributed by atoms with van der Waals surface area (Å²) < 4.78 is 0. The van der Waals surface area contributed by atoms with E-state index in [1.807, 2.05) is 13.8 Å². The van der Waals surface area contributed by atoms with Crippen molar-refractivity contribution in [3.63, 3.8) is 0 Å². The van der Waals surface area contributed by atoms with Crippen LogP contribution in [0.5, 0.6) is 0 Å². The first kappa shape index (κ1) is 9.44. The zero-order valence-electron chi connectivity index (χ0n) is 8.45. The first-order valence-corrected chi connectivity index (χ1v) is 5.04. The fraction of sp³-hybridized carbons (Fsp3) is 1.00. The monoisotopic (exact) mass is 185 g/mol. The maximum atomic E-state index is 9.76. The molecular formula is C10H19NO2. The van der Waals surface area contributed by atoms with Crippen LogP contribution < -0.4 is 0 Å². The lowest BCUT2D eigenvalue weighted by Crippen LogP contribution is -2.37. The van der Waals surface area contributed by atoms with E-state index in [0.29, 0.717) is 6.54 Å². The summed E-state index contributed by atoms with van der Waals surface area (Å²) in [5.41, 5.74) is -0.425. The molecule has 2 rings (SSSR count). The Balaban J connectivity index is 1.91. The van der Waals surface area contributed by atoms with Crippen LogP contribution in [0.3, 0.4) is 0 Å². The van der Waals surface area contributed by atoms with Gasteiger partial charge in [0.05, 0.1) is 11.7 Å². The molecule has 1 saturated carbocycles. The van der Waals surface area contributed by atoms with Crippen LogP contribution in [0, 0.1) is 5.41 Å². The molecule has 0 amide bonds. The lowest BCUT2D eigenvalue weighted by Gasteiger charge is -2.24. The zero-order chi connectivity index (χ0) is 9.69. The summed E-state index contributed by atoms with van der Waals surface area (Å²) in [4.78, 5) is 2.18. The van der Waals surface area contributed by atoms with E-state index in [9.17, 15) is 10.2 Å². The number of likely N-dealkylation sites (tertiary alicyclic amines) is 1. The molecule has 0 radical (unpaired) electrons. The van der Waals surface area contributed by atoms with Gasteiger partial charge in [-0.05, 0) is 26.7 Å².